The highest BCUT2D eigenvalue weighted by Crippen LogP contribution is 2.28. The molecule has 0 bridgehead atoms. The maximum absolute atomic E-state index is 13.7. The summed E-state index contributed by atoms with van der Waals surface area (Å²) < 4.78 is 57.3. The number of hydrogen-bond donors (Lipinski definition) is 2. The summed E-state index contributed by atoms with van der Waals surface area (Å²) in [5.41, 5.74) is 3.69. The quantitative estimate of drug-likeness (QED) is 0.232. The number of rotatable bonds is 9. The van der Waals surface area contributed by atoms with E-state index in [0.29, 0.717) is 22.6 Å². The molecule has 8 nitrogen and oxygen atoms in total. The third-order valence-electron chi connectivity index (χ3n) is 6.06. The van der Waals surface area contributed by atoms with Crippen LogP contribution in [0.5, 0.6) is 0 Å². The Morgan fingerprint density at radius 2 is 1.27 bits per heavy atom. The number of carbonyl (C=O) groups is 1. The van der Waals surface area contributed by atoms with Gasteiger partial charge in [-0.05, 0) is 93.1 Å². The molecular weight excluding hydrogens is 614 g/mol. The minimum atomic E-state index is -4.07. The number of carbonyl (C=O) groups excluding carboxylic acids is 1. The van der Waals surface area contributed by atoms with Gasteiger partial charge in [0.05, 0.1) is 15.5 Å². The molecule has 4 aromatic rings. The number of anilines is 3. The van der Waals surface area contributed by atoms with Gasteiger partial charge in [-0.15, -0.1) is 0 Å². The molecule has 0 radical (unpaired) electrons. The summed E-state index contributed by atoms with van der Waals surface area (Å²) in [6.07, 6.45) is 0. The molecule has 0 spiro atoms. The van der Waals surface area contributed by atoms with Crippen LogP contribution in [0.3, 0.4) is 0 Å². The van der Waals surface area contributed by atoms with Crippen LogP contribution >= 0.6 is 15.9 Å². The van der Waals surface area contributed by atoms with Crippen molar-refractivity contribution in [1.82, 2.24) is 0 Å². The van der Waals surface area contributed by atoms with E-state index in [1.54, 1.807) is 55.5 Å². The van der Waals surface area contributed by atoms with Crippen molar-refractivity contribution < 1.29 is 21.6 Å². The van der Waals surface area contributed by atoms with E-state index in [1.165, 1.54) is 36.4 Å². The van der Waals surface area contributed by atoms with Gasteiger partial charge in [-0.3, -0.25) is 13.8 Å². The largest absolute Gasteiger partial charge is 0.325 e. The fraction of sp³-hybridized carbons (Fsp3) is 0.138. The van der Waals surface area contributed by atoms with Gasteiger partial charge in [0.1, 0.15) is 6.54 Å². The van der Waals surface area contributed by atoms with Gasteiger partial charge in [0.25, 0.3) is 20.0 Å². The summed E-state index contributed by atoms with van der Waals surface area (Å²) in [6.45, 7) is 5.07. The van der Waals surface area contributed by atoms with E-state index in [-0.39, 0.29) is 9.79 Å². The molecule has 4 rings (SSSR count). The first-order valence-electron chi connectivity index (χ1n) is 12.2. The number of nitrogens with one attached hydrogen (secondary N) is 2. The Kier molecular flexibility index (Phi) is 8.67. The van der Waals surface area contributed by atoms with Crippen LogP contribution in [0.1, 0.15) is 16.7 Å². The van der Waals surface area contributed by atoms with Gasteiger partial charge in [-0.1, -0.05) is 51.3 Å². The second-order valence-electron chi connectivity index (χ2n) is 9.30. The Morgan fingerprint density at radius 1 is 0.725 bits per heavy atom. The van der Waals surface area contributed by atoms with Crippen molar-refractivity contribution in [3.63, 3.8) is 0 Å². The van der Waals surface area contributed by atoms with Crippen molar-refractivity contribution in [2.24, 2.45) is 0 Å². The highest BCUT2D eigenvalue weighted by atomic mass is 79.9. The Labute approximate surface area is 243 Å². The molecule has 0 saturated heterocycles. The average Bonchev–Trinajstić information content (AvgIpc) is 2.89. The third-order valence-corrected chi connectivity index (χ3v) is 9.76. The molecule has 0 atom stereocenters. The molecule has 0 aromatic heterocycles. The van der Waals surface area contributed by atoms with E-state index in [0.717, 1.165) is 19.9 Å². The summed E-state index contributed by atoms with van der Waals surface area (Å²) in [5, 5.41) is 2.67. The predicted octanol–water partition coefficient (Wildman–Crippen LogP) is 6.01. The smallest absolute Gasteiger partial charge is 0.264 e. The second kappa shape index (κ2) is 11.8. The Morgan fingerprint density at radius 3 is 1.88 bits per heavy atom. The molecule has 0 saturated carbocycles. The van der Waals surface area contributed by atoms with Crippen molar-refractivity contribution in [2.75, 3.05) is 20.9 Å². The van der Waals surface area contributed by atoms with E-state index in [9.17, 15) is 21.6 Å². The molecule has 11 heteroatoms. The Bertz CT molecular complexity index is 1740. The summed E-state index contributed by atoms with van der Waals surface area (Å²) in [4.78, 5) is 13.2. The van der Waals surface area contributed by atoms with E-state index in [1.807, 2.05) is 19.9 Å². The number of aryl methyl sites for hydroxylation is 3. The standard InChI is InChI=1S/C29H28BrN3O5S2/c1-20-4-13-27(14-5-20)40(37,38)33(28-17-6-21(2)18-22(28)3)19-29(34)31-24-11-15-26(16-12-24)39(35,36)32-25-9-7-23(30)8-10-25/h4-18,32H,19H2,1-3H3,(H,31,34). The van der Waals surface area contributed by atoms with Crippen LogP contribution in [0.15, 0.2) is 105 Å². The maximum Gasteiger partial charge on any atom is 0.264 e. The molecule has 2 N–H and O–H groups in total. The number of hydrogen-bond acceptors (Lipinski definition) is 5. The topological polar surface area (TPSA) is 113 Å². The third kappa shape index (κ3) is 6.90. The van der Waals surface area contributed by atoms with E-state index in [4.69, 9.17) is 0 Å². The highest BCUT2D eigenvalue weighted by Gasteiger charge is 2.28. The van der Waals surface area contributed by atoms with Crippen LogP contribution in [-0.4, -0.2) is 29.3 Å². The van der Waals surface area contributed by atoms with E-state index in [2.05, 4.69) is 26.0 Å². The zero-order valence-electron chi connectivity index (χ0n) is 22.1. The van der Waals surface area contributed by atoms with Crippen molar-refractivity contribution in [3.05, 3.63) is 112 Å². The Balaban J connectivity index is 1.55. The van der Waals surface area contributed by atoms with Crippen LogP contribution in [0, 0.1) is 20.8 Å². The summed E-state index contributed by atoms with van der Waals surface area (Å²) in [6, 6.07) is 24.1. The molecule has 0 aliphatic heterocycles. The first-order chi connectivity index (χ1) is 18.8. The molecule has 208 valence electrons. The van der Waals surface area contributed by atoms with Gasteiger partial charge in [-0.2, -0.15) is 0 Å². The fourth-order valence-corrected chi connectivity index (χ4v) is 6.81. The van der Waals surface area contributed by atoms with Gasteiger partial charge < -0.3 is 5.32 Å². The Hall–Kier alpha value is -3.67. The number of nitrogens with zero attached hydrogens (tertiary/aromatic N) is 1. The minimum Gasteiger partial charge on any atom is -0.325 e. The molecule has 0 aliphatic carbocycles. The zero-order valence-corrected chi connectivity index (χ0v) is 25.3. The average molecular weight is 643 g/mol. The highest BCUT2D eigenvalue weighted by molar-refractivity contribution is 9.10. The molecular formula is C29H28BrN3O5S2. The monoisotopic (exact) mass is 641 g/mol. The minimum absolute atomic E-state index is 0.00673. The molecule has 4 aromatic carbocycles. The van der Waals surface area contributed by atoms with Crippen molar-refractivity contribution >= 4 is 58.9 Å². The first-order valence-corrected chi connectivity index (χ1v) is 15.9. The van der Waals surface area contributed by atoms with Gasteiger partial charge >= 0.3 is 0 Å². The number of amides is 1. The number of halogens is 1. The van der Waals surface area contributed by atoms with Crippen LogP contribution in [0.2, 0.25) is 0 Å². The fourth-order valence-electron chi connectivity index (χ4n) is 4.00. The molecule has 40 heavy (non-hydrogen) atoms. The van der Waals surface area contributed by atoms with Crippen LogP contribution in [0.4, 0.5) is 17.1 Å². The zero-order chi connectivity index (χ0) is 29.1. The van der Waals surface area contributed by atoms with Gasteiger partial charge in [-0.25, -0.2) is 16.8 Å². The van der Waals surface area contributed by atoms with Gasteiger partial charge in [0.2, 0.25) is 5.91 Å². The second-order valence-corrected chi connectivity index (χ2v) is 13.8. The first kappa shape index (κ1) is 29.3. The van der Waals surface area contributed by atoms with E-state index < -0.39 is 32.5 Å². The molecule has 1 amide bonds. The maximum atomic E-state index is 13.7. The lowest BCUT2D eigenvalue weighted by Gasteiger charge is -2.26. The molecule has 0 heterocycles. The lowest BCUT2D eigenvalue weighted by atomic mass is 10.1. The van der Waals surface area contributed by atoms with E-state index >= 15 is 0 Å². The molecule has 0 unspecified atom stereocenters. The summed E-state index contributed by atoms with van der Waals surface area (Å²) in [5.74, 6) is -0.584. The normalized spacial score (nSPS) is 11.6. The van der Waals surface area contributed by atoms with Gasteiger partial charge in [0, 0.05) is 15.8 Å². The lowest BCUT2D eigenvalue weighted by Crippen LogP contribution is -2.38. The number of sulfonamides is 2. The van der Waals surface area contributed by atoms with Crippen molar-refractivity contribution in [3.8, 4) is 0 Å². The van der Waals surface area contributed by atoms with Crippen molar-refractivity contribution in [1.29, 1.82) is 0 Å². The summed E-state index contributed by atoms with van der Waals surface area (Å²) in [7, 11) is -7.92. The lowest BCUT2D eigenvalue weighted by molar-refractivity contribution is -0.114. The van der Waals surface area contributed by atoms with Crippen molar-refractivity contribution in [2.45, 2.75) is 30.6 Å². The summed E-state index contributed by atoms with van der Waals surface area (Å²) >= 11 is 3.31. The van der Waals surface area contributed by atoms with Crippen LogP contribution in [0.25, 0.3) is 0 Å². The van der Waals surface area contributed by atoms with Crippen LogP contribution in [-0.2, 0) is 24.8 Å². The number of benzene rings is 4. The predicted molar refractivity (Wildman–Crippen MR) is 162 cm³/mol. The van der Waals surface area contributed by atoms with Gasteiger partial charge in [0.15, 0.2) is 0 Å². The van der Waals surface area contributed by atoms with Crippen LogP contribution < -0.4 is 14.3 Å². The molecule has 0 aliphatic rings. The molecule has 0 fully saturated rings. The SMILES string of the molecule is Cc1ccc(S(=O)(=O)N(CC(=O)Nc2ccc(S(=O)(=O)Nc3ccc(Br)cc3)cc2)c2ccc(C)cc2C)cc1.